The van der Waals surface area contributed by atoms with Crippen LogP contribution in [0.1, 0.15) is 54.2 Å². The molecular formula is C20H40N4O4Si2. The Morgan fingerprint density at radius 3 is 2.20 bits per heavy atom. The molecule has 1 fully saturated rings. The minimum Gasteiger partial charge on any atom is -0.414 e. The molecule has 0 unspecified atom stereocenters. The zero-order valence-electron chi connectivity index (χ0n) is 20.3. The van der Waals surface area contributed by atoms with Crippen LogP contribution in [0.4, 0.5) is 5.95 Å². The summed E-state index contributed by atoms with van der Waals surface area (Å²) in [7, 11) is -3.99. The van der Waals surface area contributed by atoms with Gasteiger partial charge in [0.15, 0.2) is 16.6 Å². The van der Waals surface area contributed by atoms with Crippen molar-refractivity contribution in [2.24, 2.45) is 0 Å². The van der Waals surface area contributed by atoms with Crippen molar-refractivity contribution in [3.8, 4) is 0 Å². The van der Waals surface area contributed by atoms with Crippen LogP contribution in [0.2, 0.25) is 36.3 Å². The smallest absolute Gasteiger partial charge is 0.354 e. The molecule has 0 spiro atoms. The van der Waals surface area contributed by atoms with Gasteiger partial charge in [0.1, 0.15) is 18.7 Å². The van der Waals surface area contributed by atoms with E-state index >= 15 is 0 Å². The van der Waals surface area contributed by atoms with E-state index in [0.717, 1.165) is 0 Å². The van der Waals surface area contributed by atoms with Crippen LogP contribution in [0.25, 0.3) is 0 Å². The molecule has 0 amide bonds. The number of nitrogens with two attached hydrogens (primary N) is 1. The van der Waals surface area contributed by atoms with Crippen molar-refractivity contribution < 1.29 is 13.6 Å². The number of aromatic nitrogens is 3. The fourth-order valence-electron chi connectivity index (χ4n) is 2.76. The van der Waals surface area contributed by atoms with E-state index in [0.29, 0.717) is 13.0 Å². The van der Waals surface area contributed by atoms with Gasteiger partial charge in [-0.15, -0.1) is 0 Å². The van der Waals surface area contributed by atoms with Gasteiger partial charge in [0, 0.05) is 6.42 Å². The molecule has 0 aromatic carbocycles. The van der Waals surface area contributed by atoms with Gasteiger partial charge in [-0.1, -0.05) is 41.5 Å². The summed E-state index contributed by atoms with van der Waals surface area (Å²) in [6, 6.07) is 0. The first kappa shape index (κ1) is 25.2. The highest BCUT2D eigenvalue weighted by Gasteiger charge is 2.46. The molecule has 0 aliphatic carbocycles. The number of nitrogens with zero attached hydrogens (tertiary/aromatic N) is 3. The summed E-state index contributed by atoms with van der Waals surface area (Å²) in [6.45, 7) is 22.6. The molecular weight excluding hydrogens is 416 g/mol. The van der Waals surface area contributed by atoms with Gasteiger partial charge in [0.2, 0.25) is 5.95 Å². The van der Waals surface area contributed by atoms with Gasteiger partial charge in [0.05, 0.1) is 12.7 Å². The predicted molar refractivity (Wildman–Crippen MR) is 124 cm³/mol. The highest BCUT2D eigenvalue weighted by atomic mass is 28.4. The van der Waals surface area contributed by atoms with Crippen LogP contribution in [-0.4, -0.2) is 50.0 Å². The fourth-order valence-corrected chi connectivity index (χ4v) is 5.13. The van der Waals surface area contributed by atoms with Crippen LogP contribution in [0.3, 0.4) is 0 Å². The van der Waals surface area contributed by atoms with E-state index in [2.05, 4.69) is 77.7 Å². The van der Waals surface area contributed by atoms with Crippen molar-refractivity contribution in [1.29, 1.82) is 0 Å². The van der Waals surface area contributed by atoms with E-state index in [9.17, 15) is 4.79 Å². The normalized spacial score (nSPS) is 23.7. The van der Waals surface area contributed by atoms with E-state index in [4.69, 9.17) is 19.3 Å². The topological polar surface area (TPSA) is 101 Å². The minimum atomic E-state index is -2.04. The Kier molecular flexibility index (Phi) is 7.10. The first-order valence-corrected chi connectivity index (χ1v) is 16.4. The summed E-state index contributed by atoms with van der Waals surface area (Å²) in [5, 5.41) is 0.166. The molecule has 8 nitrogen and oxygen atoms in total. The van der Waals surface area contributed by atoms with Crippen molar-refractivity contribution in [1.82, 2.24) is 14.5 Å². The Labute approximate surface area is 182 Å². The third-order valence-corrected chi connectivity index (χ3v) is 15.9. The summed E-state index contributed by atoms with van der Waals surface area (Å²) in [6.07, 6.45) is 1.02. The van der Waals surface area contributed by atoms with E-state index in [1.54, 1.807) is 0 Å². The third-order valence-electron chi connectivity index (χ3n) is 6.90. The molecule has 30 heavy (non-hydrogen) atoms. The standard InChI is InChI=1S/C20H40N4O4Si2/c1-19(2,3)29(7,8)26-12-15-14(28-30(9,10)20(4,5)6)11-16(27-15)24-13-22-17(21)23-18(24)25/h13-16H,11-12H2,1-10H3,(H2,21,23,25)/t14-,15+,16+/m0/s1. The van der Waals surface area contributed by atoms with Gasteiger partial charge in [0.25, 0.3) is 0 Å². The van der Waals surface area contributed by atoms with Gasteiger partial charge in [-0.2, -0.15) is 4.98 Å². The number of anilines is 1. The summed E-state index contributed by atoms with van der Waals surface area (Å²) < 4.78 is 20.8. The lowest BCUT2D eigenvalue weighted by Crippen LogP contribution is -2.48. The van der Waals surface area contributed by atoms with Crippen molar-refractivity contribution in [2.45, 2.75) is 103 Å². The zero-order chi connectivity index (χ0) is 23.1. The Morgan fingerprint density at radius 2 is 1.70 bits per heavy atom. The molecule has 1 aliphatic heterocycles. The number of hydrogen-bond donors (Lipinski definition) is 1. The van der Waals surface area contributed by atoms with Crippen molar-refractivity contribution >= 4 is 22.6 Å². The highest BCUT2D eigenvalue weighted by molar-refractivity contribution is 6.74. The maximum Gasteiger partial charge on any atom is 0.354 e. The lowest BCUT2D eigenvalue weighted by atomic mass is 10.2. The Balaban J connectivity index is 2.27. The number of ether oxygens (including phenoxy) is 1. The Bertz CT molecular complexity index is 799. The van der Waals surface area contributed by atoms with Crippen LogP contribution in [0, 0.1) is 0 Å². The predicted octanol–water partition coefficient (Wildman–Crippen LogP) is 3.92. The van der Waals surface area contributed by atoms with Gasteiger partial charge in [-0.3, -0.25) is 4.57 Å². The molecule has 0 bridgehead atoms. The van der Waals surface area contributed by atoms with Crippen LogP contribution in [0.15, 0.2) is 11.1 Å². The molecule has 2 N–H and O–H groups in total. The highest BCUT2D eigenvalue weighted by Crippen LogP contribution is 2.42. The van der Waals surface area contributed by atoms with E-state index in [-0.39, 0.29) is 28.2 Å². The second kappa shape index (κ2) is 8.46. The number of hydrogen-bond acceptors (Lipinski definition) is 7. The SMILES string of the molecule is CC(C)(C)[Si](C)(C)OC[C@H]1O[C@@H](n2cnc(N)nc2=O)C[C@@H]1O[Si](C)(C)C(C)(C)C. The van der Waals surface area contributed by atoms with Crippen LogP contribution in [0.5, 0.6) is 0 Å². The van der Waals surface area contributed by atoms with E-state index < -0.39 is 28.6 Å². The first-order valence-electron chi connectivity index (χ1n) is 10.6. The van der Waals surface area contributed by atoms with Crippen molar-refractivity contribution in [3.05, 3.63) is 16.8 Å². The minimum absolute atomic E-state index is 0.0406. The lowest BCUT2D eigenvalue weighted by molar-refractivity contribution is -0.0415. The van der Waals surface area contributed by atoms with Gasteiger partial charge in [-0.05, 0) is 36.3 Å². The number of rotatable bonds is 6. The molecule has 0 radical (unpaired) electrons. The summed E-state index contributed by atoms with van der Waals surface area (Å²) in [5.41, 5.74) is 5.07. The Morgan fingerprint density at radius 1 is 1.13 bits per heavy atom. The monoisotopic (exact) mass is 456 g/mol. The maximum atomic E-state index is 12.3. The van der Waals surface area contributed by atoms with Gasteiger partial charge in [-0.25, -0.2) is 9.78 Å². The molecule has 1 aromatic heterocycles. The average molecular weight is 457 g/mol. The molecule has 1 aromatic rings. The molecule has 10 heteroatoms. The molecule has 172 valence electrons. The summed E-state index contributed by atoms with van der Waals surface area (Å²) in [4.78, 5) is 20.0. The largest absolute Gasteiger partial charge is 0.414 e. The molecule has 1 saturated heterocycles. The van der Waals surface area contributed by atoms with Crippen LogP contribution >= 0.6 is 0 Å². The number of nitrogen functional groups attached to an aromatic ring is 1. The average Bonchev–Trinajstić information content (AvgIpc) is 2.92. The fraction of sp³-hybridized carbons (Fsp3) is 0.850. The second-order valence-electron chi connectivity index (χ2n) is 11.3. The maximum absolute atomic E-state index is 12.3. The zero-order valence-corrected chi connectivity index (χ0v) is 22.3. The molecule has 1 aliphatic rings. The van der Waals surface area contributed by atoms with Crippen molar-refractivity contribution in [3.63, 3.8) is 0 Å². The lowest BCUT2D eigenvalue weighted by Gasteiger charge is -2.40. The molecule has 0 saturated carbocycles. The van der Waals surface area contributed by atoms with Gasteiger partial charge < -0.3 is 19.3 Å². The van der Waals surface area contributed by atoms with Crippen molar-refractivity contribution in [2.75, 3.05) is 12.3 Å². The summed E-state index contributed by atoms with van der Waals surface area (Å²) in [5.74, 6) is -0.0406. The van der Waals surface area contributed by atoms with E-state index in [1.807, 2.05) is 0 Å². The third kappa shape index (κ3) is 5.58. The first-order chi connectivity index (χ1) is 13.4. The molecule has 3 atom stereocenters. The van der Waals surface area contributed by atoms with Crippen LogP contribution < -0.4 is 11.4 Å². The quantitative estimate of drug-likeness (QED) is 0.647. The van der Waals surface area contributed by atoms with E-state index in [1.165, 1.54) is 10.9 Å². The Hall–Kier alpha value is -1.08. The molecule has 2 rings (SSSR count). The molecule has 2 heterocycles. The summed E-state index contributed by atoms with van der Waals surface area (Å²) >= 11 is 0. The van der Waals surface area contributed by atoms with Crippen LogP contribution in [-0.2, 0) is 13.6 Å². The second-order valence-corrected chi connectivity index (χ2v) is 20.8. The van der Waals surface area contributed by atoms with Gasteiger partial charge >= 0.3 is 5.69 Å².